The summed E-state index contributed by atoms with van der Waals surface area (Å²) in [5, 5.41) is 0. The molecule has 1 amide bonds. The number of carbonyl (C=O) groups is 2. The molecular weight excluding hydrogens is 356 g/mol. The molecule has 0 N–H and O–H groups in total. The second kappa shape index (κ2) is 8.16. The predicted molar refractivity (Wildman–Crippen MR) is 94.7 cm³/mol. The van der Waals surface area contributed by atoms with Crippen LogP contribution >= 0.6 is 0 Å². The van der Waals surface area contributed by atoms with E-state index in [4.69, 9.17) is 9.47 Å². The van der Waals surface area contributed by atoms with E-state index in [1.807, 2.05) is 6.92 Å². The lowest BCUT2D eigenvalue weighted by Crippen LogP contribution is -2.28. The van der Waals surface area contributed by atoms with Gasteiger partial charge in [-0.2, -0.15) is 0 Å². The number of hydrogen-bond acceptors (Lipinski definition) is 4. The standard InChI is InChI=1S/C20H19F2NO4/c1-2-9-26-15-4-6-16(7-5-15)27-20(25)13-10-19(24)23(12-13)18-8-3-14(21)11-17(18)22/h3-8,11,13H,2,9-10,12H2,1H3. The Bertz CT molecular complexity index is 838. The molecule has 0 aromatic heterocycles. The third-order valence-corrected chi connectivity index (χ3v) is 4.17. The Labute approximate surface area is 155 Å². The van der Waals surface area contributed by atoms with E-state index < -0.39 is 29.4 Å². The van der Waals surface area contributed by atoms with E-state index in [-0.39, 0.29) is 18.7 Å². The summed E-state index contributed by atoms with van der Waals surface area (Å²) in [6.07, 6.45) is 0.797. The second-order valence-corrected chi connectivity index (χ2v) is 6.24. The van der Waals surface area contributed by atoms with Crippen molar-refractivity contribution in [3.63, 3.8) is 0 Å². The van der Waals surface area contributed by atoms with Gasteiger partial charge in [0.25, 0.3) is 0 Å². The van der Waals surface area contributed by atoms with Gasteiger partial charge in [0, 0.05) is 19.0 Å². The van der Waals surface area contributed by atoms with Gasteiger partial charge in [0.15, 0.2) is 0 Å². The van der Waals surface area contributed by atoms with Crippen molar-refractivity contribution in [2.75, 3.05) is 18.1 Å². The van der Waals surface area contributed by atoms with Crippen LogP contribution in [0.1, 0.15) is 19.8 Å². The quantitative estimate of drug-likeness (QED) is 0.571. The van der Waals surface area contributed by atoms with Crippen molar-refractivity contribution in [3.8, 4) is 11.5 Å². The van der Waals surface area contributed by atoms with Crippen molar-refractivity contribution in [1.29, 1.82) is 0 Å². The van der Waals surface area contributed by atoms with Crippen LogP contribution in [0.5, 0.6) is 11.5 Å². The molecule has 0 bridgehead atoms. The first-order chi connectivity index (χ1) is 13.0. The molecular formula is C20H19F2NO4. The first kappa shape index (κ1) is 18.8. The van der Waals surface area contributed by atoms with Crippen molar-refractivity contribution in [3.05, 3.63) is 54.1 Å². The van der Waals surface area contributed by atoms with Gasteiger partial charge >= 0.3 is 5.97 Å². The highest BCUT2D eigenvalue weighted by atomic mass is 19.1. The summed E-state index contributed by atoms with van der Waals surface area (Å²) in [5.41, 5.74) is -0.0471. The Balaban J connectivity index is 1.63. The van der Waals surface area contributed by atoms with Gasteiger partial charge in [-0.1, -0.05) is 6.92 Å². The fourth-order valence-corrected chi connectivity index (χ4v) is 2.82. The predicted octanol–water partition coefficient (Wildman–Crippen LogP) is 3.71. The summed E-state index contributed by atoms with van der Waals surface area (Å²) in [7, 11) is 0. The minimum atomic E-state index is -0.847. The smallest absolute Gasteiger partial charge is 0.316 e. The number of benzene rings is 2. The molecule has 7 heteroatoms. The lowest BCUT2D eigenvalue weighted by molar-refractivity contribution is -0.139. The lowest BCUT2D eigenvalue weighted by Gasteiger charge is -2.17. The molecule has 0 aliphatic carbocycles. The molecule has 2 aromatic carbocycles. The van der Waals surface area contributed by atoms with Gasteiger partial charge < -0.3 is 14.4 Å². The summed E-state index contributed by atoms with van der Waals surface area (Å²) >= 11 is 0. The zero-order chi connectivity index (χ0) is 19.4. The highest BCUT2D eigenvalue weighted by Gasteiger charge is 2.37. The van der Waals surface area contributed by atoms with Crippen molar-refractivity contribution in [2.24, 2.45) is 5.92 Å². The number of halogens is 2. The third kappa shape index (κ3) is 4.42. The van der Waals surface area contributed by atoms with Crippen LogP contribution in [0, 0.1) is 17.6 Å². The molecule has 142 valence electrons. The molecule has 1 saturated heterocycles. The highest BCUT2D eigenvalue weighted by molar-refractivity contribution is 5.99. The summed E-state index contributed by atoms with van der Waals surface area (Å²) in [4.78, 5) is 25.7. The Morgan fingerprint density at radius 2 is 1.85 bits per heavy atom. The summed E-state index contributed by atoms with van der Waals surface area (Å²) in [6.45, 7) is 2.58. The van der Waals surface area contributed by atoms with E-state index in [0.717, 1.165) is 17.4 Å². The van der Waals surface area contributed by atoms with Gasteiger partial charge in [0.1, 0.15) is 23.1 Å². The maximum absolute atomic E-state index is 13.9. The second-order valence-electron chi connectivity index (χ2n) is 6.24. The fraction of sp³-hybridized carbons (Fsp3) is 0.300. The number of carbonyl (C=O) groups excluding carboxylic acids is 2. The molecule has 0 saturated carbocycles. The van der Waals surface area contributed by atoms with Crippen LogP contribution in [-0.2, 0) is 9.59 Å². The number of ether oxygens (including phenoxy) is 2. The van der Waals surface area contributed by atoms with Crippen molar-refractivity contribution < 1.29 is 27.8 Å². The molecule has 2 aromatic rings. The van der Waals surface area contributed by atoms with E-state index in [1.54, 1.807) is 24.3 Å². The summed E-state index contributed by atoms with van der Waals surface area (Å²) in [5.74, 6) is -2.28. The fourth-order valence-electron chi connectivity index (χ4n) is 2.82. The molecule has 1 atom stereocenters. The monoisotopic (exact) mass is 375 g/mol. The molecule has 1 aliphatic heterocycles. The number of rotatable bonds is 6. The van der Waals surface area contributed by atoms with Crippen LogP contribution in [0.2, 0.25) is 0 Å². The number of esters is 1. The number of nitrogens with zero attached hydrogens (tertiary/aromatic N) is 1. The molecule has 0 spiro atoms. The molecule has 1 aliphatic rings. The van der Waals surface area contributed by atoms with Gasteiger partial charge in [-0.15, -0.1) is 0 Å². The lowest BCUT2D eigenvalue weighted by atomic mass is 10.1. The first-order valence-electron chi connectivity index (χ1n) is 8.68. The molecule has 1 heterocycles. The van der Waals surface area contributed by atoms with Crippen LogP contribution in [0.25, 0.3) is 0 Å². The number of amides is 1. The zero-order valence-electron chi connectivity index (χ0n) is 14.8. The summed E-state index contributed by atoms with van der Waals surface area (Å²) in [6, 6.07) is 9.56. The maximum Gasteiger partial charge on any atom is 0.316 e. The van der Waals surface area contributed by atoms with E-state index in [2.05, 4.69) is 0 Å². The molecule has 1 fully saturated rings. The molecule has 3 rings (SSSR count). The normalized spacial score (nSPS) is 16.5. The summed E-state index contributed by atoms with van der Waals surface area (Å²) < 4.78 is 37.7. The van der Waals surface area contributed by atoms with Crippen LogP contribution in [0.3, 0.4) is 0 Å². The van der Waals surface area contributed by atoms with Crippen molar-refractivity contribution in [1.82, 2.24) is 0 Å². The van der Waals surface area contributed by atoms with Crippen LogP contribution in [-0.4, -0.2) is 25.0 Å². The molecule has 27 heavy (non-hydrogen) atoms. The number of hydrogen-bond donors (Lipinski definition) is 0. The van der Waals surface area contributed by atoms with Gasteiger partial charge in [-0.25, -0.2) is 8.78 Å². The van der Waals surface area contributed by atoms with Gasteiger partial charge in [-0.3, -0.25) is 9.59 Å². The van der Waals surface area contributed by atoms with Crippen LogP contribution in [0.4, 0.5) is 14.5 Å². The average molecular weight is 375 g/mol. The van der Waals surface area contributed by atoms with E-state index in [0.29, 0.717) is 24.2 Å². The van der Waals surface area contributed by atoms with E-state index in [1.165, 1.54) is 6.07 Å². The van der Waals surface area contributed by atoms with Gasteiger partial charge in [-0.05, 0) is 42.8 Å². The Morgan fingerprint density at radius 1 is 1.15 bits per heavy atom. The molecule has 1 unspecified atom stereocenters. The molecule has 5 nitrogen and oxygen atoms in total. The van der Waals surface area contributed by atoms with Gasteiger partial charge in [0.05, 0.1) is 18.2 Å². The van der Waals surface area contributed by atoms with E-state index in [9.17, 15) is 18.4 Å². The Morgan fingerprint density at radius 3 is 2.52 bits per heavy atom. The van der Waals surface area contributed by atoms with E-state index >= 15 is 0 Å². The number of anilines is 1. The average Bonchev–Trinajstić information content (AvgIpc) is 3.03. The topological polar surface area (TPSA) is 55.8 Å². The minimum absolute atomic E-state index is 0.0160. The van der Waals surface area contributed by atoms with Crippen molar-refractivity contribution in [2.45, 2.75) is 19.8 Å². The SMILES string of the molecule is CCCOc1ccc(OC(=O)C2CC(=O)N(c3ccc(F)cc3F)C2)cc1. The maximum atomic E-state index is 13.9. The third-order valence-electron chi connectivity index (χ3n) is 4.17. The molecule has 0 radical (unpaired) electrons. The van der Waals surface area contributed by atoms with Crippen LogP contribution < -0.4 is 14.4 Å². The Kier molecular flexibility index (Phi) is 5.69. The van der Waals surface area contributed by atoms with Crippen LogP contribution in [0.15, 0.2) is 42.5 Å². The minimum Gasteiger partial charge on any atom is -0.494 e. The Hall–Kier alpha value is -2.96. The van der Waals surface area contributed by atoms with Crippen molar-refractivity contribution >= 4 is 17.6 Å². The highest BCUT2D eigenvalue weighted by Crippen LogP contribution is 2.29. The first-order valence-corrected chi connectivity index (χ1v) is 8.68. The zero-order valence-corrected chi connectivity index (χ0v) is 14.8. The largest absolute Gasteiger partial charge is 0.494 e. The van der Waals surface area contributed by atoms with Gasteiger partial charge in [0.2, 0.25) is 5.91 Å².